The van der Waals surface area contributed by atoms with Crippen LogP contribution in [-0.4, -0.2) is 44.1 Å². The molecule has 5 nitrogen and oxygen atoms in total. The zero-order valence-electron chi connectivity index (χ0n) is 13.2. The van der Waals surface area contributed by atoms with Crippen LogP contribution in [0, 0.1) is 0 Å². The van der Waals surface area contributed by atoms with Gasteiger partial charge in [-0.15, -0.1) is 24.0 Å². The molecule has 6 heteroatoms. The lowest BCUT2D eigenvalue weighted by molar-refractivity contribution is 0.160. The number of guanidine groups is 1. The van der Waals surface area contributed by atoms with E-state index in [0.29, 0.717) is 0 Å². The molecule has 0 aliphatic heterocycles. The van der Waals surface area contributed by atoms with Crippen molar-refractivity contribution in [2.45, 2.75) is 37.8 Å². The molecule has 21 heavy (non-hydrogen) atoms. The van der Waals surface area contributed by atoms with Gasteiger partial charge in [0.2, 0.25) is 0 Å². The zero-order valence-corrected chi connectivity index (χ0v) is 15.5. The molecule has 0 unspecified atom stereocenters. The van der Waals surface area contributed by atoms with Gasteiger partial charge in [0, 0.05) is 31.2 Å². The van der Waals surface area contributed by atoms with Crippen LogP contribution in [0.25, 0.3) is 0 Å². The van der Waals surface area contributed by atoms with Gasteiger partial charge < -0.3 is 20.0 Å². The normalized spacial score (nSPS) is 17.6. The Morgan fingerprint density at radius 2 is 2.05 bits per heavy atom. The number of rotatable bonds is 5. The summed E-state index contributed by atoms with van der Waals surface area (Å²) in [5.74, 6) is 0.847. The van der Waals surface area contributed by atoms with Crippen LogP contribution in [0.2, 0.25) is 0 Å². The summed E-state index contributed by atoms with van der Waals surface area (Å²) in [7, 11) is 6.16. The average Bonchev–Trinajstić information content (AvgIpc) is 3.10. The van der Waals surface area contributed by atoms with Crippen LogP contribution >= 0.6 is 24.0 Å². The molecule has 2 rings (SSSR count). The molecule has 0 spiro atoms. The number of hydrogen-bond acceptors (Lipinski definition) is 3. The summed E-state index contributed by atoms with van der Waals surface area (Å²) in [4.78, 5) is 6.64. The Morgan fingerprint density at radius 3 is 2.57 bits per heavy atom. The minimum absolute atomic E-state index is 0. The lowest BCUT2D eigenvalue weighted by atomic mass is 9.96. The van der Waals surface area contributed by atoms with Crippen molar-refractivity contribution in [1.29, 1.82) is 0 Å². The Labute approximate surface area is 144 Å². The van der Waals surface area contributed by atoms with Gasteiger partial charge in [-0.1, -0.05) is 12.8 Å². The highest BCUT2D eigenvalue weighted by Crippen LogP contribution is 2.32. The van der Waals surface area contributed by atoms with Crippen LogP contribution in [0.1, 0.15) is 31.2 Å². The number of likely N-dealkylation sites (N-methyl/N-ethyl adjacent to an activating group) is 1. The lowest BCUT2D eigenvalue weighted by Crippen LogP contribution is -2.52. The molecule has 0 saturated heterocycles. The second-order valence-electron chi connectivity index (χ2n) is 5.74. The molecule has 0 aromatic carbocycles. The SMILES string of the molecule is CN=C(NCc1ccoc1)NCC1(N(C)C)CCCC1.I. The lowest BCUT2D eigenvalue weighted by Gasteiger charge is -2.37. The molecule has 2 N–H and O–H groups in total. The molecule has 1 aliphatic rings. The first-order valence-electron chi connectivity index (χ1n) is 7.29. The zero-order chi connectivity index (χ0) is 14.4. The summed E-state index contributed by atoms with van der Waals surface area (Å²) in [5, 5.41) is 6.77. The number of halogens is 1. The minimum atomic E-state index is 0. The Bertz CT molecular complexity index is 425. The van der Waals surface area contributed by atoms with Gasteiger partial charge >= 0.3 is 0 Å². The Balaban J connectivity index is 0.00000220. The van der Waals surface area contributed by atoms with Crippen LogP contribution in [0.15, 0.2) is 28.0 Å². The Hall–Kier alpha value is -0.760. The van der Waals surface area contributed by atoms with E-state index in [-0.39, 0.29) is 29.5 Å². The summed E-state index contributed by atoms with van der Waals surface area (Å²) >= 11 is 0. The van der Waals surface area contributed by atoms with Crippen LogP contribution in [0.4, 0.5) is 0 Å². The molecule has 1 fully saturated rings. The van der Waals surface area contributed by atoms with Crippen LogP contribution < -0.4 is 10.6 Å². The molecule has 1 aliphatic carbocycles. The highest BCUT2D eigenvalue weighted by Gasteiger charge is 2.35. The van der Waals surface area contributed by atoms with Crippen molar-refractivity contribution in [1.82, 2.24) is 15.5 Å². The summed E-state index contributed by atoms with van der Waals surface area (Å²) < 4.78 is 5.06. The van der Waals surface area contributed by atoms with E-state index in [4.69, 9.17) is 4.42 Å². The van der Waals surface area contributed by atoms with Crippen molar-refractivity contribution >= 4 is 29.9 Å². The highest BCUT2D eigenvalue weighted by atomic mass is 127. The van der Waals surface area contributed by atoms with Crippen molar-refractivity contribution in [2.75, 3.05) is 27.7 Å². The van der Waals surface area contributed by atoms with E-state index in [2.05, 4.69) is 34.6 Å². The van der Waals surface area contributed by atoms with E-state index in [1.54, 1.807) is 12.5 Å². The minimum Gasteiger partial charge on any atom is -0.472 e. The monoisotopic (exact) mass is 406 g/mol. The third-order valence-electron chi connectivity index (χ3n) is 4.33. The number of hydrogen-bond donors (Lipinski definition) is 2. The van der Waals surface area contributed by atoms with Gasteiger partial charge in [-0.25, -0.2) is 0 Å². The molecule has 120 valence electrons. The van der Waals surface area contributed by atoms with E-state index >= 15 is 0 Å². The summed E-state index contributed by atoms with van der Waals surface area (Å²) in [6, 6.07) is 1.96. The van der Waals surface area contributed by atoms with E-state index < -0.39 is 0 Å². The Morgan fingerprint density at radius 1 is 1.33 bits per heavy atom. The fourth-order valence-corrected chi connectivity index (χ4v) is 2.86. The molecule has 1 aromatic rings. The number of nitrogens with one attached hydrogen (secondary N) is 2. The van der Waals surface area contributed by atoms with Crippen molar-refractivity contribution < 1.29 is 4.42 Å². The van der Waals surface area contributed by atoms with E-state index in [0.717, 1.165) is 24.6 Å². The summed E-state index contributed by atoms with van der Waals surface area (Å²) in [6.45, 7) is 1.66. The molecule has 0 bridgehead atoms. The van der Waals surface area contributed by atoms with Crippen molar-refractivity contribution in [3.05, 3.63) is 24.2 Å². The molecule has 1 aromatic heterocycles. The number of nitrogens with zero attached hydrogens (tertiary/aromatic N) is 2. The first kappa shape index (κ1) is 18.3. The van der Waals surface area contributed by atoms with Gasteiger partial charge in [0.05, 0.1) is 12.5 Å². The van der Waals surface area contributed by atoms with Gasteiger partial charge in [-0.2, -0.15) is 0 Å². The van der Waals surface area contributed by atoms with Crippen LogP contribution in [-0.2, 0) is 6.54 Å². The summed E-state index contributed by atoms with van der Waals surface area (Å²) in [6.07, 6.45) is 8.59. The molecule has 1 saturated carbocycles. The largest absolute Gasteiger partial charge is 0.472 e. The first-order valence-corrected chi connectivity index (χ1v) is 7.29. The molecular weight excluding hydrogens is 379 g/mol. The maximum Gasteiger partial charge on any atom is 0.191 e. The fourth-order valence-electron chi connectivity index (χ4n) is 2.86. The maximum absolute atomic E-state index is 5.06. The summed E-state index contributed by atoms with van der Waals surface area (Å²) in [5.41, 5.74) is 1.39. The molecule has 0 atom stereocenters. The van der Waals surface area contributed by atoms with Crippen molar-refractivity contribution in [3.8, 4) is 0 Å². The van der Waals surface area contributed by atoms with E-state index in [9.17, 15) is 0 Å². The first-order chi connectivity index (χ1) is 9.66. The fraction of sp³-hybridized carbons (Fsp3) is 0.667. The van der Waals surface area contributed by atoms with E-state index in [1.165, 1.54) is 25.7 Å². The molecule has 0 radical (unpaired) electrons. The second-order valence-corrected chi connectivity index (χ2v) is 5.74. The number of aliphatic imine (C=N–C) groups is 1. The van der Waals surface area contributed by atoms with Gasteiger partial charge in [0.1, 0.15) is 0 Å². The third kappa shape index (κ3) is 4.88. The predicted octanol–water partition coefficient (Wildman–Crippen LogP) is 2.44. The highest BCUT2D eigenvalue weighted by molar-refractivity contribution is 14.0. The topological polar surface area (TPSA) is 52.8 Å². The number of furan rings is 1. The van der Waals surface area contributed by atoms with Gasteiger partial charge in [0.15, 0.2) is 5.96 Å². The quantitative estimate of drug-likeness (QED) is 0.448. The smallest absolute Gasteiger partial charge is 0.191 e. The van der Waals surface area contributed by atoms with E-state index in [1.807, 2.05) is 13.1 Å². The van der Waals surface area contributed by atoms with Crippen LogP contribution in [0.3, 0.4) is 0 Å². The van der Waals surface area contributed by atoms with Gasteiger partial charge in [0.25, 0.3) is 0 Å². The van der Waals surface area contributed by atoms with Crippen LogP contribution in [0.5, 0.6) is 0 Å². The third-order valence-corrected chi connectivity index (χ3v) is 4.33. The standard InChI is InChI=1S/C15H26N4O.HI/c1-16-14(17-10-13-6-9-20-11-13)18-12-15(19(2)3)7-4-5-8-15;/h6,9,11H,4-5,7-8,10,12H2,1-3H3,(H2,16,17,18);1H. The average molecular weight is 406 g/mol. The molecule has 1 heterocycles. The Kier molecular flexibility index (Phi) is 7.51. The van der Waals surface area contributed by atoms with Gasteiger partial charge in [-0.05, 0) is 33.0 Å². The molecular formula is C15H27IN4O. The van der Waals surface area contributed by atoms with Crippen molar-refractivity contribution in [2.24, 2.45) is 4.99 Å². The predicted molar refractivity (Wildman–Crippen MR) is 97.2 cm³/mol. The van der Waals surface area contributed by atoms with Gasteiger partial charge in [-0.3, -0.25) is 4.99 Å². The van der Waals surface area contributed by atoms with Crippen molar-refractivity contribution in [3.63, 3.8) is 0 Å². The molecule has 0 amide bonds. The second kappa shape index (κ2) is 8.63. The maximum atomic E-state index is 5.06.